The van der Waals surface area contributed by atoms with Crippen molar-refractivity contribution in [2.75, 3.05) is 25.4 Å². The third-order valence-corrected chi connectivity index (χ3v) is 4.00. The molecule has 0 aromatic heterocycles. The largest absolute Gasteiger partial charge is 0.396 e. The fraction of sp³-hybridized carbons (Fsp3) is 0.733. The standard InChI is InChI=1S/C15H26N2O6S/c1-10(19)8-12(21)24-7-6-16-11(20)4-5-17-14(23)13(22)15(2,3)9-18/h13,18,22H,4-9H2,1-3H3,(H,16,20)(H,17,23). The minimum atomic E-state index is -1.37. The first-order valence-electron chi connectivity index (χ1n) is 7.58. The van der Waals surface area contributed by atoms with E-state index in [1.54, 1.807) is 13.8 Å². The Balaban J connectivity index is 3.86. The predicted octanol–water partition coefficient (Wildman–Crippen LogP) is -0.773. The van der Waals surface area contributed by atoms with E-state index in [1.165, 1.54) is 6.92 Å². The number of hydrogen-bond acceptors (Lipinski definition) is 7. The van der Waals surface area contributed by atoms with Crippen LogP contribution in [0.2, 0.25) is 0 Å². The van der Waals surface area contributed by atoms with E-state index in [9.17, 15) is 24.3 Å². The van der Waals surface area contributed by atoms with Gasteiger partial charge in [-0.05, 0) is 6.92 Å². The van der Waals surface area contributed by atoms with Gasteiger partial charge >= 0.3 is 0 Å². The van der Waals surface area contributed by atoms with Gasteiger partial charge in [0.15, 0.2) is 5.12 Å². The number of rotatable bonds is 11. The van der Waals surface area contributed by atoms with Crippen LogP contribution in [0.1, 0.15) is 33.6 Å². The Kier molecular flexibility index (Phi) is 10.5. The minimum absolute atomic E-state index is 0.0318. The summed E-state index contributed by atoms with van der Waals surface area (Å²) < 4.78 is 0. The third-order valence-electron chi connectivity index (χ3n) is 3.13. The topological polar surface area (TPSA) is 133 Å². The zero-order valence-corrected chi connectivity index (χ0v) is 15.1. The summed E-state index contributed by atoms with van der Waals surface area (Å²) in [4.78, 5) is 45.2. The van der Waals surface area contributed by atoms with Crippen molar-refractivity contribution >= 4 is 34.5 Å². The van der Waals surface area contributed by atoms with E-state index in [2.05, 4.69) is 10.6 Å². The SMILES string of the molecule is CC(=O)CC(=O)SCCNC(=O)CCNC(=O)C(O)C(C)(C)CO. The molecule has 1 atom stereocenters. The van der Waals surface area contributed by atoms with Gasteiger partial charge in [0.1, 0.15) is 11.9 Å². The molecule has 0 saturated heterocycles. The van der Waals surface area contributed by atoms with E-state index in [-0.39, 0.29) is 49.3 Å². The van der Waals surface area contributed by atoms with E-state index >= 15 is 0 Å². The maximum absolute atomic E-state index is 11.7. The van der Waals surface area contributed by atoms with Crippen molar-refractivity contribution < 1.29 is 29.4 Å². The zero-order valence-electron chi connectivity index (χ0n) is 14.3. The Morgan fingerprint density at radius 3 is 2.29 bits per heavy atom. The van der Waals surface area contributed by atoms with Crippen molar-refractivity contribution in [2.24, 2.45) is 5.41 Å². The van der Waals surface area contributed by atoms with E-state index in [1.807, 2.05) is 0 Å². The first kappa shape index (κ1) is 22.6. The molecule has 24 heavy (non-hydrogen) atoms. The van der Waals surface area contributed by atoms with Crippen molar-refractivity contribution in [3.8, 4) is 0 Å². The molecular weight excluding hydrogens is 336 g/mol. The molecule has 0 saturated carbocycles. The lowest BCUT2D eigenvalue weighted by atomic mass is 9.87. The lowest BCUT2D eigenvalue weighted by Crippen LogP contribution is -2.46. The first-order chi connectivity index (χ1) is 11.1. The number of aliphatic hydroxyl groups is 2. The lowest BCUT2D eigenvalue weighted by molar-refractivity contribution is -0.137. The second-order valence-electron chi connectivity index (χ2n) is 6.04. The first-order valence-corrected chi connectivity index (χ1v) is 8.57. The van der Waals surface area contributed by atoms with Crippen LogP contribution in [0.15, 0.2) is 0 Å². The molecule has 0 spiro atoms. The average molecular weight is 362 g/mol. The molecule has 0 aliphatic rings. The van der Waals surface area contributed by atoms with Crippen molar-refractivity contribution in [1.82, 2.24) is 10.6 Å². The maximum Gasteiger partial charge on any atom is 0.249 e. The molecule has 0 heterocycles. The van der Waals surface area contributed by atoms with Crippen molar-refractivity contribution in [3.63, 3.8) is 0 Å². The van der Waals surface area contributed by atoms with Gasteiger partial charge in [-0.15, -0.1) is 0 Å². The summed E-state index contributed by atoms with van der Waals surface area (Å²) in [6, 6.07) is 0. The number of Topliss-reactive ketones (excluding diaryl/α,β-unsaturated/α-hetero) is 1. The molecule has 0 rings (SSSR count). The summed E-state index contributed by atoms with van der Waals surface area (Å²) >= 11 is 0.984. The summed E-state index contributed by atoms with van der Waals surface area (Å²) in [5.41, 5.74) is -0.962. The molecule has 0 aliphatic carbocycles. The number of hydrogen-bond donors (Lipinski definition) is 4. The van der Waals surface area contributed by atoms with Crippen LogP contribution in [0.3, 0.4) is 0 Å². The molecule has 4 N–H and O–H groups in total. The Morgan fingerprint density at radius 1 is 1.12 bits per heavy atom. The van der Waals surface area contributed by atoms with Gasteiger partial charge in [-0.25, -0.2) is 0 Å². The number of aliphatic hydroxyl groups excluding tert-OH is 2. The normalized spacial score (nSPS) is 12.4. The van der Waals surface area contributed by atoms with Gasteiger partial charge in [0.2, 0.25) is 11.8 Å². The fourth-order valence-corrected chi connectivity index (χ4v) is 2.27. The Labute approximate surface area is 145 Å². The molecule has 0 aliphatic heterocycles. The smallest absolute Gasteiger partial charge is 0.249 e. The summed E-state index contributed by atoms with van der Waals surface area (Å²) in [5.74, 6) is -0.773. The molecule has 0 bridgehead atoms. The van der Waals surface area contributed by atoms with Crippen molar-refractivity contribution in [2.45, 2.75) is 39.7 Å². The number of carbonyl (C=O) groups excluding carboxylic acids is 4. The summed E-state index contributed by atoms with van der Waals surface area (Å²) in [7, 11) is 0. The van der Waals surface area contributed by atoms with Gasteiger partial charge in [-0.3, -0.25) is 19.2 Å². The molecular formula is C15H26N2O6S. The highest BCUT2D eigenvalue weighted by atomic mass is 32.2. The minimum Gasteiger partial charge on any atom is -0.396 e. The van der Waals surface area contributed by atoms with Gasteiger partial charge in [0.05, 0.1) is 13.0 Å². The molecule has 0 aromatic rings. The van der Waals surface area contributed by atoms with Crippen LogP contribution in [0.25, 0.3) is 0 Å². The van der Waals surface area contributed by atoms with Crippen LogP contribution in [0.4, 0.5) is 0 Å². The number of amides is 2. The zero-order chi connectivity index (χ0) is 18.8. The molecule has 138 valence electrons. The Bertz CT molecular complexity index is 467. The van der Waals surface area contributed by atoms with E-state index in [0.717, 1.165) is 11.8 Å². The molecule has 0 aromatic carbocycles. The van der Waals surface area contributed by atoms with Crippen molar-refractivity contribution in [1.29, 1.82) is 0 Å². The van der Waals surface area contributed by atoms with Crippen LogP contribution in [-0.2, 0) is 19.2 Å². The summed E-state index contributed by atoms with van der Waals surface area (Å²) in [6.45, 7) is 4.43. The van der Waals surface area contributed by atoms with Crippen LogP contribution in [-0.4, -0.2) is 64.5 Å². The van der Waals surface area contributed by atoms with E-state index in [4.69, 9.17) is 5.11 Å². The number of ketones is 1. The molecule has 9 heteroatoms. The average Bonchev–Trinajstić information content (AvgIpc) is 2.49. The Hall–Kier alpha value is -1.45. The van der Waals surface area contributed by atoms with E-state index in [0.29, 0.717) is 5.75 Å². The second kappa shape index (κ2) is 11.2. The Morgan fingerprint density at radius 2 is 1.75 bits per heavy atom. The molecule has 0 radical (unpaired) electrons. The van der Waals surface area contributed by atoms with Crippen LogP contribution >= 0.6 is 11.8 Å². The monoisotopic (exact) mass is 362 g/mol. The number of carbonyl (C=O) groups is 4. The highest BCUT2D eigenvalue weighted by Crippen LogP contribution is 2.19. The van der Waals surface area contributed by atoms with Crippen LogP contribution < -0.4 is 10.6 Å². The lowest BCUT2D eigenvalue weighted by Gasteiger charge is -2.27. The molecule has 1 unspecified atom stereocenters. The van der Waals surface area contributed by atoms with E-state index < -0.39 is 17.4 Å². The number of thioether (sulfide) groups is 1. The maximum atomic E-state index is 11.7. The number of nitrogens with one attached hydrogen (secondary N) is 2. The van der Waals surface area contributed by atoms with Crippen molar-refractivity contribution in [3.05, 3.63) is 0 Å². The fourth-order valence-electron chi connectivity index (χ4n) is 1.54. The second-order valence-corrected chi connectivity index (χ2v) is 7.19. The van der Waals surface area contributed by atoms with Crippen LogP contribution in [0.5, 0.6) is 0 Å². The van der Waals surface area contributed by atoms with Gasteiger partial charge in [-0.1, -0.05) is 25.6 Å². The predicted molar refractivity (Wildman–Crippen MR) is 90.3 cm³/mol. The highest BCUT2D eigenvalue weighted by molar-refractivity contribution is 8.13. The van der Waals surface area contributed by atoms with Crippen LogP contribution in [0, 0.1) is 5.41 Å². The molecule has 0 fully saturated rings. The quantitative estimate of drug-likeness (QED) is 0.280. The highest BCUT2D eigenvalue weighted by Gasteiger charge is 2.32. The van der Waals surface area contributed by atoms with Gasteiger partial charge < -0.3 is 20.8 Å². The summed E-state index contributed by atoms with van der Waals surface area (Å²) in [5, 5.41) is 23.6. The van der Waals surface area contributed by atoms with Gasteiger partial charge in [0, 0.05) is 30.7 Å². The van der Waals surface area contributed by atoms with Gasteiger partial charge in [-0.2, -0.15) is 0 Å². The molecule has 2 amide bonds. The summed E-state index contributed by atoms with van der Waals surface area (Å²) in [6.07, 6.45) is -1.45. The van der Waals surface area contributed by atoms with Gasteiger partial charge in [0.25, 0.3) is 0 Å². The third kappa shape index (κ3) is 9.64. The molecule has 8 nitrogen and oxygen atoms in total.